The zero-order valence-electron chi connectivity index (χ0n) is 12.5. The number of hydrogen-bond acceptors (Lipinski definition) is 4. The number of nitrogens with one attached hydrogen (secondary N) is 1. The number of anilines is 1. The Hall–Kier alpha value is -2.38. The van der Waals surface area contributed by atoms with Gasteiger partial charge in [-0.1, -0.05) is 11.6 Å². The Kier molecular flexibility index (Phi) is 5.58. The van der Waals surface area contributed by atoms with Gasteiger partial charge in [0, 0.05) is 22.7 Å². The zero-order chi connectivity index (χ0) is 17.7. The number of carbonyl (C=O) groups excluding carboxylic acids is 2. The smallest absolute Gasteiger partial charge is 0.248 e. The fourth-order valence-corrected chi connectivity index (χ4v) is 3.29. The number of carbonyl (C=O) groups is 2. The van der Waals surface area contributed by atoms with E-state index in [0.29, 0.717) is 16.3 Å². The fourth-order valence-electron chi connectivity index (χ4n) is 1.93. The largest absolute Gasteiger partial charge is 0.366 e. The molecule has 0 radical (unpaired) electrons. The molecule has 0 aromatic heterocycles. The quantitative estimate of drug-likeness (QED) is 0.817. The van der Waals surface area contributed by atoms with Gasteiger partial charge in [0.25, 0.3) is 0 Å². The highest BCUT2D eigenvalue weighted by molar-refractivity contribution is 7.91. The highest BCUT2D eigenvalue weighted by atomic mass is 35.5. The SMILES string of the molecule is NC(=O)c1ccc(NC(=O)CCS(=O)(=O)c2ccc(Cl)cc2)cc1. The molecule has 0 aliphatic rings. The Morgan fingerprint density at radius 1 is 1.00 bits per heavy atom. The highest BCUT2D eigenvalue weighted by Crippen LogP contribution is 2.16. The molecule has 6 nitrogen and oxygen atoms in total. The maximum Gasteiger partial charge on any atom is 0.248 e. The minimum atomic E-state index is -3.56. The van der Waals surface area contributed by atoms with Gasteiger partial charge in [0.2, 0.25) is 11.8 Å². The molecule has 24 heavy (non-hydrogen) atoms. The molecule has 126 valence electrons. The molecule has 0 aliphatic carbocycles. The predicted molar refractivity (Wildman–Crippen MR) is 91.7 cm³/mol. The monoisotopic (exact) mass is 366 g/mol. The maximum absolute atomic E-state index is 12.1. The van der Waals surface area contributed by atoms with Gasteiger partial charge < -0.3 is 11.1 Å². The molecule has 2 rings (SSSR count). The van der Waals surface area contributed by atoms with Gasteiger partial charge in [-0.05, 0) is 48.5 Å². The van der Waals surface area contributed by atoms with Crippen LogP contribution < -0.4 is 11.1 Å². The van der Waals surface area contributed by atoms with Gasteiger partial charge in [-0.15, -0.1) is 0 Å². The van der Waals surface area contributed by atoms with E-state index < -0.39 is 21.7 Å². The van der Waals surface area contributed by atoms with E-state index in [1.54, 1.807) is 0 Å². The lowest BCUT2D eigenvalue weighted by Gasteiger charge is -2.07. The minimum absolute atomic E-state index is 0.116. The van der Waals surface area contributed by atoms with Gasteiger partial charge in [0.15, 0.2) is 9.84 Å². The van der Waals surface area contributed by atoms with Crippen LogP contribution in [0, 0.1) is 0 Å². The summed E-state index contributed by atoms with van der Waals surface area (Å²) in [5, 5.41) is 3.00. The van der Waals surface area contributed by atoms with Gasteiger partial charge in [-0.3, -0.25) is 9.59 Å². The first-order valence-electron chi connectivity index (χ1n) is 6.96. The van der Waals surface area contributed by atoms with Crippen LogP contribution in [0.5, 0.6) is 0 Å². The van der Waals surface area contributed by atoms with Crippen LogP contribution in [0.15, 0.2) is 53.4 Å². The summed E-state index contributed by atoms with van der Waals surface area (Å²) in [5.41, 5.74) is 5.89. The lowest BCUT2D eigenvalue weighted by molar-refractivity contribution is -0.115. The molecule has 0 bridgehead atoms. The van der Waals surface area contributed by atoms with E-state index in [1.807, 2.05) is 0 Å². The maximum atomic E-state index is 12.1. The molecule has 0 aliphatic heterocycles. The number of halogens is 1. The van der Waals surface area contributed by atoms with Crippen LogP contribution in [0.3, 0.4) is 0 Å². The van der Waals surface area contributed by atoms with Crippen LogP contribution in [0.2, 0.25) is 5.02 Å². The molecule has 0 unspecified atom stereocenters. The van der Waals surface area contributed by atoms with E-state index in [9.17, 15) is 18.0 Å². The van der Waals surface area contributed by atoms with Crippen molar-refractivity contribution in [2.45, 2.75) is 11.3 Å². The van der Waals surface area contributed by atoms with Crippen molar-refractivity contribution in [2.24, 2.45) is 5.73 Å². The van der Waals surface area contributed by atoms with Crippen LogP contribution in [-0.4, -0.2) is 26.0 Å². The van der Waals surface area contributed by atoms with Crippen LogP contribution >= 0.6 is 11.6 Å². The number of benzene rings is 2. The third-order valence-electron chi connectivity index (χ3n) is 3.22. The van der Waals surface area contributed by atoms with Crippen LogP contribution in [-0.2, 0) is 14.6 Å². The van der Waals surface area contributed by atoms with E-state index in [0.717, 1.165) is 0 Å². The first-order valence-corrected chi connectivity index (χ1v) is 8.99. The van der Waals surface area contributed by atoms with Crippen molar-refractivity contribution in [3.63, 3.8) is 0 Å². The Bertz CT molecular complexity index is 847. The lowest BCUT2D eigenvalue weighted by atomic mass is 10.2. The third-order valence-corrected chi connectivity index (χ3v) is 5.21. The standard InChI is InChI=1S/C16H15ClN2O4S/c17-12-3-7-14(8-4-12)24(22,23)10-9-15(20)19-13-5-1-11(2-6-13)16(18)21/h1-8H,9-10H2,(H2,18,21)(H,19,20). The van der Waals surface area contributed by atoms with Crippen molar-refractivity contribution in [1.29, 1.82) is 0 Å². The number of nitrogens with two attached hydrogens (primary N) is 1. The van der Waals surface area contributed by atoms with Crippen molar-refractivity contribution in [3.8, 4) is 0 Å². The summed E-state index contributed by atoms with van der Waals surface area (Å²) in [5.74, 6) is -1.33. The molecule has 0 fully saturated rings. The number of hydrogen-bond donors (Lipinski definition) is 2. The van der Waals surface area contributed by atoms with E-state index in [4.69, 9.17) is 17.3 Å². The van der Waals surface area contributed by atoms with Crippen LogP contribution in [0.4, 0.5) is 5.69 Å². The summed E-state index contributed by atoms with van der Waals surface area (Å²) in [6.45, 7) is 0. The predicted octanol–water partition coefficient (Wildman–Crippen LogP) is 2.24. The molecule has 2 aromatic rings. The highest BCUT2D eigenvalue weighted by Gasteiger charge is 2.16. The fraction of sp³-hybridized carbons (Fsp3) is 0.125. The van der Waals surface area contributed by atoms with Gasteiger partial charge in [0.05, 0.1) is 10.6 Å². The second-order valence-electron chi connectivity index (χ2n) is 5.01. The summed E-state index contributed by atoms with van der Waals surface area (Å²) in [6.07, 6.45) is -0.192. The molecular formula is C16H15ClN2O4S. The normalized spacial score (nSPS) is 11.0. The lowest BCUT2D eigenvalue weighted by Crippen LogP contribution is -2.17. The molecule has 2 aromatic carbocycles. The summed E-state index contributed by atoms with van der Waals surface area (Å²) in [6, 6.07) is 11.8. The first-order chi connectivity index (χ1) is 11.3. The molecule has 0 atom stereocenters. The number of rotatable bonds is 6. The van der Waals surface area contributed by atoms with Crippen LogP contribution in [0.1, 0.15) is 16.8 Å². The summed E-state index contributed by atoms with van der Waals surface area (Å²) < 4.78 is 24.3. The van der Waals surface area contributed by atoms with Gasteiger partial charge in [0.1, 0.15) is 0 Å². The molecule has 2 amide bonds. The Morgan fingerprint density at radius 3 is 2.12 bits per heavy atom. The van der Waals surface area contributed by atoms with Crippen molar-refractivity contribution < 1.29 is 18.0 Å². The number of amides is 2. The van der Waals surface area contributed by atoms with E-state index >= 15 is 0 Å². The molecule has 8 heteroatoms. The van der Waals surface area contributed by atoms with Crippen molar-refractivity contribution in [2.75, 3.05) is 11.1 Å². The van der Waals surface area contributed by atoms with Gasteiger partial charge in [-0.2, -0.15) is 0 Å². The Balaban J connectivity index is 1.95. The molecule has 0 saturated carbocycles. The zero-order valence-corrected chi connectivity index (χ0v) is 14.1. The molecule has 3 N–H and O–H groups in total. The molecule has 0 spiro atoms. The van der Waals surface area contributed by atoms with E-state index in [-0.39, 0.29) is 17.1 Å². The first kappa shape index (κ1) is 18.0. The molecule has 0 saturated heterocycles. The average Bonchev–Trinajstić information content (AvgIpc) is 2.54. The summed E-state index contributed by atoms with van der Waals surface area (Å²) >= 11 is 5.72. The Morgan fingerprint density at radius 2 is 1.58 bits per heavy atom. The van der Waals surface area contributed by atoms with Gasteiger partial charge >= 0.3 is 0 Å². The average molecular weight is 367 g/mol. The molecule has 0 heterocycles. The van der Waals surface area contributed by atoms with Crippen molar-refractivity contribution in [3.05, 3.63) is 59.1 Å². The van der Waals surface area contributed by atoms with Crippen molar-refractivity contribution >= 4 is 38.9 Å². The Labute approximate surface area is 144 Å². The van der Waals surface area contributed by atoms with Gasteiger partial charge in [-0.25, -0.2) is 8.42 Å². The third kappa shape index (κ3) is 4.81. The summed E-state index contributed by atoms with van der Waals surface area (Å²) in [7, 11) is -3.56. The summed E-state index contributed by atoms with van der Waals surface area (Å²) in [4.78, 5) is 23.0. The minimum Gasteiger partial charge on any atom is -0.366 e. The number of primary amides is 1. The molecular weight excluding hydrogens is 352 g/mol. The van der Waals surface area contributed by atoms with Crippen molar-refractivity contribution in [1.82, 2.24) is 0 Å². The topological polar surface area (TPSA) is 106 Å². The number of sulfone groups is 1. The second kappa shape index (κ2) is 7.46. The van der Waals surface area contributed by atoms with Crippen LogP contribution in [0.25, 0.3) is 0 Å². The van der Waals surface area contributed by atoms with E-state index in [1.165, 1.54) is 48.5 Å². The van der Waals surface area contributed by atoms with E-state index in [2.05, 4.69) is 5.32 Å². The second-order valence-corrected chi connectivity index (χ2v) is 7.56.